The molecule has 9 heteroatoms. The second kappa shape index (κ2) is 11.3. The Bertz CT molecular complexity index is 1110. The average Bonchev–Trinajstić information content (AvgIpc) is 2.86. The lowest BCUT2D eigenvalue weighted by molar-refractivity contribution is -0.188. The van der Waals surface area contributed by atoms with E-state index in [4.69, 9.17) is 0 Å². The van der Waals surface area contributed by atoms with E-state index in [1.165, 1.54) is 12.1 Å². The summed E-state index contributed by atoms with van der Waals surface area (Å²) < 4.78 is 13.3. The van der Waals surface area contributed by atoms with E-state index in [-0.39, 0.29) is 55.1 Å². The van der Waals surface area contributed by atoms with Crippen molar-refractivity contribution < 1.29 is 18.8 Å². The van der Waals surface area contributed by atoms with Crippen LogP contribution in [-0.4, -0.2) is 76.6 Å². The first-order chi connectivity index (χ1) is 17.7. The normalized spacial score (nSPS) is 21.3. The van der Waals surface area contributed by atoms with E-state index >= 15 is 0 Å². The fourth-order valence-corrected chi connectivity index (χ4v) is 5.22. The van der Waals surface area contributed by atoms with E-state index in [2.05, 4.69) is 12.2 Å². The summed E-state index contributed by atoms with van der Waals surface area (Å²) in [5.74, 6) is -0.293. The van der Waals surface area contributed by atoms with Crippen molar-refractivity contribution >= 4 is 17.8 Å². The first kappa shape index (κ1) is 26.6. The second-order valence-electron chi connectivity index (χ2n) is 10.4. The van der Waals surface area contributed by atoms with Crippen molar-refractivity contribution in [3.8, 4) is 0 Å². The highest BCUT2D eigenvalue weighted by atomic mass is 19.1. The topological polar surface area (TPSA) is 76.2 Å². The maximum Gasteiger partial charge on any atom is 0.334 e. The molecule has 4 rings (SSSR count). The summed E-state index contributed by atoms with van der Waals surface area (Å²) in [4.78, 5) is 43.8. The number of rotatable bonds is 7. The molecular formula is C28H36FN5O3. The van der Waals surface area contributed by atoms with Crippen LogP contribution in [0, 0.1) is 11.7 Å². The number of hydrogen-bond donors (Lipinski definition) is 1. The van der Waals surface area contributed by atoms with Crippen molar-refractivity contribution in [2.24, 2.45) is 5.92 Å². The highest BCUT2D eigenvalue weighted by molar-refractivity contribution is 5.91. The molecule has 8 nitrogen and oxygen atoms in total. The van der Waals surface area contributed by atoms with Crippen molar-refractivity contribution in [2.75, 3.05) is 26.7 Å². The SMILES string of the molecule is CC(C)C[C@H]1C(=O)N(CC(C)c2ccccc2)CC2N1C(=O)CN(C)N2C(=O)NCc1ccc(F)cc1. The van der Waals surface area contributed by atoms with E-state index in [1.807, 2.05) is 44.2 Å². The zero-order valence-electron chi connectivity index (χ0n) is 21.9. The minimum Gasteiger partial charge on any atom is -0.336 e. The van der Waals surface area contributed by atoms with Crippen LogP contribution >= 0.6 is 0 Å². The predicted molar refractivity (Wildman–Crippen MR) is 138 cm³/mol. The molecule has 37 heavy (non-hydrogen) atoms. The number of amides is 4. The molecule has 0 aromatic heterocycles. The number of hydrazine groups is 1. The quantitative estimate of drug-likeness (QED) is 0.621. The summed E-state index contributed by atoms with van der Waals surface area (Å²) in [7, 11) is 1.71. The summed E-state index contributed by atoms with van der Waals surface area (Å²) in [5.41, 5.74) is 1.89. The van der Waals surface area contributed by atoms with E-state index in [0.29, 0.717) is 13.0 Å². The van der Waals surface area contributed by atoms with E-state index in [9.17, 15) is 18.8 Å². The molecule has 4 amide bonds. The Morgan fingerprint density at radius 1 is 1.05 bits per heavy atom. The summed E-state index contributed by atoms with van der Waals surface area (Å²) in [6.07, 6.45) is -0.102. The Morgan fingerprint density at radius 3 is 2.38 bits per heavy atom. The highest BCUT2D eigenvalue weighted by Gasteiger charge is 2.50. The number of hydrogen-bond acceptors (Lipinski definition) is 4. The Kier molecular flexibility index (Phi) is 8.12. The van der Waals surface area contributed by atoms with Crippen LogP contribution in [-0.2, 0) is 16.1 Å². The van der Waals surface area contributed by atoms with Gasteiger partial charge in [-0.1, -0.05) is 63.2 Å². The number of carbonyl (C=O) groups is 3. The molecule has 0 aliphatic carbocycles. The average molecular weight is 510 g/mol. The maximum atomic E-state index is 13.7. The van der Waals surface area contributed by atoms with Gasteiger partial charge in [-0.3, -0.25) is 9.59 Å². The van der Waals surface area contributed by atoms with E-state index in [1.54, 1.807) is 39.0 Å². The molecule has 3 atom stereocenters. The molecule has 0 spiro atoms. The van der Waals surface area contributed by atoms with Gasteiger partial charge in [-0.2, -0.15) is 0 Å². The molecule has 2 aromatic rings. The number of halogens is 1. The first-order valence-corrected chi connectivity index (χ1v) is 12.8. The van der Waals surface area contributed by atoms with Crippen LogP contribution < -0.4 is 5.32 Å². The fraction of sp³-hybridized carbons (Fsp3) is 0.464. The first-order valence-electron chi connectivity index (χ1n) is 12.8. The third kappa shape index (κ3) is 5.93. The van der Waals surface area contributed by atoms with Gasteiger partial charge >= 0.3 is 6.03 Å². The fourth-order valence-electron chi connectivity index (χ4n) is 5.22. The predicted octanol–water partition coefficient (Wildman–Crippen LogP) is 3.41. The van der Waals surface area contributed by atoms with Gasteiger partial charge in [0.2, 0.25) is 11.8 Å². The van der Waals surface area contributed by atoms with Crippen LogP contribution in [0.3, 0.4) is 0 Å². The van der Waals surface area contributed by atoms with Crippen molar-refractivity contribution in [3.05, 3.63) is 71.5 Å². The van der Waals surface area contributed by atoms with Crippen molar-refractivity contribution in [3.63, 3.8) is 0 Å². The lowest BCUT2D eigenvalue weighted by atomic mass is 9.95. The molecule has 0 bridgehead atoms. The van der Waals surface area contributed by atoms with Gasteiger partial charge in [-0.05, 0) is 41.5 Å². The Labute approximate surface area is 218 Å². The van der Waals surface area contributed by atoms with Crippen LogP contribution in [0.15, 0.2) is 54.6 Å². The summed E-state index contributed by atoms with van der Waals surface area (Å²) in [5, 5.41) is 6.06. The zero-order chi connectivity index (χ0) is 26.7. The van der Waals surface area contributed by atoms with Crippen LogP contribution in [0.5, 0.6) is 0 Å². The molecule has 0 saturated carbocycles. The lowest BCUT2D eigenvalue weighted by Crippen LogP contribution is -2.76. The summed E-state index contributed by atoms with van der Waals surface area (Å²) in [6.45, 7) is 7.08. The summed E-state index contributed by atoms with van der Waals surface area (Å²) >= 11 is 0. The monoisotopic (exact) mass is 509 g/mol. The van der Waals surface area contributed by atoms with Gasteiger partial charge in [-0.25, -0.2) is 19.2 Å². The Morgan fingerprint density at radius 2 is 1.73 bits per heavy atom. The molecule has 2 unspecified atom stereocenters. The number of nitrogens with one attached hydrogen (secondary N) is 1. The largest absolute Gasteiger partial charge is 0.336 e. The molecule has 2 aliphatic heterocycles. The maximum absolute atomic E-state index is 13.7. The molecule has 0 radical (unpaired) electrons. The van der Waals surface area contributed by atoms with E-state index in [0.717, 1.165) is 11.1 Å². The van der Waals surface area contributed by atoms with Crippen molar-refractivity contribution in [1.82, 2.24) is 25.1 Å². The number of nitrogens with zero attached hydrogens (tertiary/aromatic N) is 4. The smallest absolute Gasteiger partial charge is 0.334 e. The van der Waals surface area contributed by atoms with Gasteiger partial charge < -0.3 is 15.1 Å². The van der Waals surface area contributed by atoms with Gasteiger partial charge in [-0.15, -0.1) is 0 Å². The van der Waals surface area contributed by atoms with E-state index < -0.39 is 12.2 Å². The molecule has 2 fully saturated rings. The third-order valence-electron chi connectivity index (χ3n) is 7.06. The highest BCUT2D eigenvalue weighted by Crippen LogP contribution is 2.30. The minimum atomic E-state index is -0.629. The molecule has 2 saturated heterocycles. The summed E-state index contributed by atoms with van der Waals surface area (Å²) in [6, 6.07) is 15.0. The van der Waals surface area contributed by atoms with Gasteiger partial charge in [0.15, 0.2) is 0 Å². The van der Waals surface area contributed by atoms with Crippen LogP contribution in [0.1, 0.15) is 44.2 Å². The van der Waals surface area contributed by atoms with Crippen LogP contribution in [0.4, 0.5) is 9.18 Å². The number of piperazine rings is 1. The Hall–Kier alpha value is -3.46. The van der Waals surface area contributed by atoms with Gasteiger partial charge in [0.1, 0.15) is 18.0 Å². The number of carbonyl (C=O) groups excluding carboxylic acids is 3. The van der Waals surface area contributed by atoms with Crippen molar-refractivity contribution in [2.45, 2.75) is 51.9 Å². The molecule has 1 N–H and O–H groups in total. The number of likely N-dealkylation sites (N-methyl/N-ethyl adjacent to an activating group) is 1. The van der Waals surface area contributed by atoms with Crippen LogP contribution in [0.2, 0.25) is 0 Å². The van der Waals surface area contributed by atoms with Crippen molar-refractivity contribution in [1.29, 1.82) is 0 Å². The minimum absolute atomic E-state index is 0.00274. The van der Waals surface area contributed by atoms with Gasteiger partial charge in [0.05, 0.1) is 13.1 Å². The van der Waals surface area contributed by atoms with Crippen LogP contribution in [0.25, 0.3) is 0 Å². The number of fused-ring (bicyclic) bond motifs is 1. The molecular weight excluding hydrogens is 473 g/mol. The molecule has 2 aliphatic rings. The lowest BCUT2D eigenvalue weighted by Gasteiger charge is -2.55. The number of urea groups is 1. The number of benzene rings is 2. The second-order valence-corrected chi connectivity index (χ2v) is 10.4. The molecule has 198 valence electrons. The molecule has 2 heterocycles. The van der Waals surface area contributed by atoms with Gasteiger partial charge in [0, 0.05) is 20.1 Å². The zero-order valence-corrected chi connectivity index (χ0v) is 21.9. The third-order valence-corrected chi connectivity index (χ3v) is 7.06. The van der Waals surface area contributed by atoms with Gasteiger partial charge in [0.25, 0.3) is 0 Å². The Balaban J connectivity index is 1.58. The standard InChI is InChI=1S/C28H36FN5O3/c1-19(2)14-24-27(36)32(16-20(3)22-8-6-5-7-9-22)17-25-33(24)26(35)18-31(4)34(25)28(37)30-15-21-10-12-23(29)13-11-21/h5-13,19-20,24-25H,14-18H2,1-4H3,(H,30,37)/t20?,24-,25?/m0/s1. The molecule has 2 aromatic carbocycles.